The van der Waals surface area contributed by atoms with Gasteiger partial charge >= 0.3 is 0 Å². The highest BCUT2D eigenvalue weighted by Crippen LogP contribution is 2.28. The molecule has 0 aliphatic rings. The van der Waals surface area contributed by atoms with E-state index in [-0.39, 0.29) is 5.88 Å². The average molecular weight is 305 g/mol. The molecule has 2 aromatic carbocycles. The Morgan fingerprint density at radius 3 is 2.45 bits per heavy atom. The Hall–Kier alpha value is -1.97. The lowest BCUT2D eigenvalue weighted by Gasteiger charge is -1.95. The van der Waals surface area contributed by atoms with E-state index in [2.05, 4.69) is 9.98 Å². The van der Waals surface area contributed by atoms with Gasteiger partial charge in [-0.15, -0.1) is 0 Å². The third kappa shape index (κ3) is 2.50. The SMILES string of the molecule is Oc1[nH]c2ccc(Cl)cc2c1C=Nc1ccc(Cl)cc1. The van der Waals surface area contributed by atoms with Crippen LogP contribution in [0.2, 0.25) is 10.0 Å². The summed E-state index contributed by atoms with van der Waals surface area (Å²) in [5.41, 5.74) is 2.17. The van der Waals surface area contributed by atoms with Crippen LogP contribution in [0.1, 0.15) is 5.56 Å². The van der Waals surface area contributed by atoms with Crippen LogP contribution in [-0.4, -0.2) is 16.3 Å². The number of aromatic amines is 1. The van der Waals surface area contributed by atoms with Gasteiger partial charge < -0.3 is 10.1 Å². The minimum Gasteiger partial charge on any atom is -0.494 e. The van der Waals surface area contributed by atoms with E-state index in [1.54, 1.807) is 42.6 Å². The Morgan fingerprint density at radius 1 is 1.00 bits per heavy atom. The first-order chi connectivity index (χ1) is 9.63. The Labute approximate surface area is 125 Å². The third-order valence-corrected chi connectivity index (χ3v) is 3.44. The van der Waals surface area contributed by atoms with Crippen molar-refractivity contribution in [2.75, 3.05) is 0 Å². The standard InChI is InChI=1S/C15H10Cl2N2O/c16-9-1-4-11(5-2-9)18-8-13-12-7-10(17)3-6-14(12)19-15(13)20/h1-8,19-20H. The molecule has 0 bridgehead atoms. The maximum Gasteiger partial charge on any atom is 0.198 e. The molecule has 5 heteroatoms. The molecule has 0 spiro atoms. The molecule has 20 heavy (non-hydrogen) atoms. The highest BCUT2D eigenvalue weighted by atomic mass is 35.5. The molecule has 0 atom stereocenters. The summed E-state index contributed by atoms with van der Waals surface area (Å²) in [6.45, 7) is 0. The van der Waals surface area contributed by atoms with Gasteiger partial charge in [-0.3, -0.25) is 4.99 Å². The zero-order valence-electron chi connectivity index (χ0n) is 10.3. The van der Waals surface area contributed by atoms with Crippen molar-refractivity contribution in [2.45, 2.75) is 0 Å². The van der Waals surface area contributed by atoms with Gasteiger partial charge in [0.15, 0.2) is 5.88 Å². The first-order valence-corrected chi connectivity index (χ1v) is 6.69. The van der Waals surface area contributed by atoms with Gasteiger partial charge in [-0.05, 0) is 42.5 Å². The number of aromatic hydroxyl groups is 1. The number of aliphatic imine (C=N–C) groups is 1. The minimum atomic E-state index is 0.0694. The van der Waals surface area contributed by atoms with E-state index in [9.17, 15) is 5.11 Å². The van der Waals surface area contributed by atoms with Crippen molar-refractivity contribution in [3.63, 3.8) is 0 Å². The predicted molar refractivity (Wildman–Crippen MR) is 83.7 cm³/mol. The molecular weight excluding hydrogens is 295 g/mol. The zero-order valence-corrected chi connectivity index (χ0v) is 11.8. The van der Waals surface area contributed by atoms with Crippen molar-refractivity contribution < 1.29 is 5.11 Å². The van der Waals surface area contributed by atoms with E-state index in [4.69, 9.17) is 23.2 Å². The predicted octanol–water partition coefficient (Wildman–Crippen LogP) is 4.93. The maximum atomic E-state index is 9.94. The Bertz CT molecular complexity index is 791. The number of hydrogen-bond donors (Lipinski definition) is 2. The van der Waals surface area contributed by atoms with Crippen molar-refractivity contribution in [1.82, 2.24) is 4.98 Å². The fourth-order valence-corrected chi connectivity index (χ4v) is 2.27. The van der Waals surface area contributed by atoms with Crippen LogP contribution < -0.4 is 0 Å². The quantitative estimate of drug-likeness (QED) is 0.648. The van der Waals surface area contributed by atoms with Gasteiger partial charge in [-0.1, -0.05) is 23.2 Å². The normalized spacial score (nSPS) is 11.5. The van der Waals surface area contributed by atoms with Crippen LogP contribution in [0.15, 0.2) is 47.5 Å². The number of nitrogens with zero attached hydrogens (tertiary/aromatic N) is 1. The van der Waals surface area contributed by atoms with Crippen LogP contribution in [0, 0.1) is 0 Å². The lowest BCUT2D eigenvalue weighted by Crippen LogP contribution is -1.79. The van der Waals surface area contributed by atoms with Crippen molar-refractivity contribution >= 4 is 46.0 Å². The molecule has 2 N–H and O–H groups in total. The smallest absolute Gasteiger partial charge is 0.198 e. The molecule has 0 aliphatic heterocycles. The molecule has 0 amide bonds. The molecule has 1 aromatic heterocycles. The topological polar surface area (TPSA) is 48.4 Å². The number of hydrogen-bond acceptors (Lipinski definition) is 2. The van der Waals surface area contributed by atoms with Crippen molar-refractivity contribution in [3.05, 3.63) is 58.1 Å². The average Bonchev–Trinajstić information content (AvgIpc) is 2.73. The van der Waals surface area contributed by atoms with E-state index < -0.39 is 0 Å². The van der Waals surface area contributed by atoms with E-state index in [0.717, 1.165) is 16.6 Å². The maximum absolute atomic E-state index is 9.94. The Morgan fingerprint density at radius 2 is 1.70 bits per heavy atom. The number of rotatable bonds is 2. The minimum absolute atomic E-state index is 0.0694. The molecule has 1 heterocycles. The second-order valence-electron chi connectivity index (χ2n) is 4.31. The monoisotopic (exact) mass is 304 g/mol. The Balaban J connectivity index is 2.03. The fourth-order valence-electron chi connectivity index (χ4n) is 1.97. The summed E-state index contributed by atoms with van der Waals surface area (Å²) in [7, 11) is 0. The van der Waals surface area contributed by atoms with Crippen LogP contribution >= 0.6 is 23.2 Å². The number of H-pyrrole nitrogens is 1. The first-order valence-electron chi connectivity index (χ1n) is 5.93. The summed E-state index contributed by atoms with van der Waals surface area (Å²) in [5, 5.41) is 12.0. The summed E-state index contributed by atoms with van der Waals surface area (Å²) in [5.74, 6) is 0.0694. The van der Waals surface area contributed by atoms with Crippen LogP contribution in [0.4, 0.5) is 5.69 Å². The summed E-state index contributed by atoms with van der Waals surface area (Å²) >= 11 is 11.8. The molecule has 0 aliphatic carbocycles. The molecular formula is C15H10Cl2N2O. The summed E-state index contributed by atoms with van der Waals surface area (Å²) in [6.07, 6.45) is 1.60. The van der Waals surface area contributed by atoms with E-state index in [1.807, 2.05) is 6.07 Å². The molecule has 3 nitrogen and oxygen atoms in total. The molecule has 0 fully saturated rings. The molecule has 3 aromatic rings. The van der Waals surface area contributed by atoms with Gasteiger partial charge in [0.05, 0.1) is 11.3 Å². The lowest BCUT2D eigenvalue weighted by atomic mass is 10.2. The number of aromatic nitrogens is 1. The van der Waals surface area contributed by atoms with Gasteiger partial charge in [0.25, 0.3) is 0 Å². The van der Waals surface area contributed by atoms with Gasteiger partial charge in [0, 0.05) is 27.2 Å². The van der Waals surface area contributed by atoms with Crippen LogP contribution in [0.25, 0.3) is 10.9 Å². The molecule has 0 radical (unpaired) electrons. The van der Waals surface area contributed by atoms with Crippen LogP contribution in [0.3, 0.4) is 0 Å². The fraction of sp³-hybridized carbons (Fsp3) is 0. The van der Waals surface area contributed by atoms with E-state index in [0.29, 0.717) is 15.6 Å². The van der Waals surface area contributed by atoms with Gasteiger partial charge in [0.1, 0.15) is 0 Å². The summed E-state index contributed by atoms with van der Waals surface area (Å²) in [6, 6.07) is 12.5. The van der Waals surface area contributed by atoms with Crippen LogP contribution in [-0.2, 0) is 0 Å². The number of nitrogens with one attached hydrogen (secondary N) is 1. The zero-order chi connectivity index (χ0) is 14.1. The molecule has 0 unspecified atom stereocenters. The van der Waals surface area contributed by atoms with Gasteiger partial charge in [-0.25, -0.2) is 0 Å². The third-order valence-electron chi connectivity index (χ3n) is 2.95. The number of fused-ring (bicyclic) bond motifs is 1. The van der Waals surface area contributed by atoms with E-state index in [1.165, 1.54) is 0 Å². The molecule has 100 valence electrons. The van der Waals surface area contributed by atoms with Gasteiger partial charge in [0.2, 0.25) is 0 Å². The number of benzene rings is 2. The van der Waals surface area contributed by atoms with Crippen molar-refractivity contribution in [3.8, 4) is 5.88 Å². The summed E-state index contributed by atoms with van der Waals surface area (Å²) < 4.78 is 0. The second-order valence-corrected chi connectivity index (χ2v) is 5.18. The highest BCUT2D eigenvalue weighted by molar-refractivity contribution is 6.31. The second kappa shape index (κ2) is 5.19. The van der Waals surface area contributed by atoms with Crippen molar-refractivity contribution in [1.29, 1.82) is 0 Å². The van der Waals surface area contributed by atoms with Crippen molar-refractivity contribution in [2.24, 2.45) is 4.99 Å². The molecule has 0 saturated heterocycles. The molecule has 0 saturated carbocycles. The highest BCUT2D eigenvalue weighted by Gasteiger charge is 2.09. The largest absolute Gasteiger partial charge is 0.494 e. The Kier molecular flexibility index (Phi) is 3.38. The summed E-state index contributed by atoms with van der Waals surface area (Å²) in [4.78, 5) is 7.21. The van der Waals surface area contributed by atoms with Crippen LogP contribution in [0.5, 0.6) is 5.88 Å². The molecule has 3 rings (SSSR count). The lowest BCUT2D eigenvalue weighted by molar-refractivity contribution is 0.457. The van der Waals surface area contributed by atoms with Gasteiger partial charge in [-0.2, -0.15) is 0 Å². The first kappa shape index (κ1) is 13.0. The number of halogens is 2. The van der Waals surface area contributed by atoms with E-state index >= 15 is 0 Å².